The fraction of sp³-hybridized carbons (Fsp3) is 0.167. The molecule has 0 saturated heterocycles. The lowest BCUT2D eigenvalue weighted by atomic mass is 10.1. The molecule has 0 saturated carbocycles. The summed E-state index contributed by atoms with van der Waals surface area (Å²) < 4.78 is 1.05. The van der Waals surface area contributed by atoms with Crippen LogP contribution in [0.5, 0.6) is 0 Å². The van der Waals surface area contributed by atoms with E-state index >= 15 is 0 Å². The van der Waals surface area contributed by atoms with Crippen molar-refractivity contribution < 1.29 is 0 Å². The molecule has 2 rings (SSSR count). The first-order valence-corrected chi connectivity index (χ1v) is 6.01. The Balaban J connectivity index is 2.54. The third-order valence-electron chi connectivity index (χ3n) is 2.25. The summed E-state index contributed by atoms with van der Waals surface area (Å²) in [5.74, 6) is 0.658. The minimum absolute atomic E-state index is 0.471. The van der Waals surface area contributed by atoms with Crippen LogP contribution in [0.2, 0.25) is 5.15 Å². The fourth-order valence-electron chi connectivity index (χ4n) is 1.39. The smallest absolute Gasteiger partial charge is 0.161 e. The number of halogens is 2. The van der Waals surface area contributed by atoms with Gasteiger partial charge in [0.05, 0.1) is 0 Å². The maximum absolute atomic E-state index is 5.91. The number of benzene rings is 1. The van der Waals surface area contributed by atoms with Gasteiger partial charge in [-0.2, -0.15) is 0 Å². The average molecular weight is 298 g/mol. The SMILES string of the molecule is Cc1cc(Cl)nc(-c2ccc(C)c(Br)c2)n1. The van der Waals surface area contributed by atoms with Crippen LogP contribution < -0.4 is 0 Å². The first-order chi connectivity index (χ1) is 7.56. The summed E-state index contributed by atoms with van der Waals surface area (Å²) in [6.45, 7) is 3.94. The van der Waals surface area contributed by atoms with Gasteiger partial charge in [-0.15, -0.1) is 0 Å². The van der Waals surface area contributed by atoms with Crippen molar-refractivity contribution in [1.29, 1.82) is 0 Å². The first kappa shape index (κ1) is 11.6. The van der Waals surface area contributed by atoms with Gasteiger partial charge >= 0.3 is 0 Å². The van der Waals surface area contributed by atoms with Gasteiger partial charge in [-0.05, 0) is 31.5 Å². The van der Waals surface area contributed by atoms with E-state index in [-0.39, 0.29) is 0 Å². The van der Waals surface area contributed by atoms with Crippen molar-refractivity contribution in [3.05, 3.63) is 45.1 Å². The number of nitrogens with zero attached hydrogens (tertiary/aromatic N) is 2. The lowest BCUT2D eigenvalue weighted by Gasteiger charge is -2.04. The van der Waals surface area contributed by atoms with Crippen LogP contribution in [0.25, 0.3) is 11.4 Å². The molecular formula is C12H10BrClN2. The highest BCUT2D eigenvalue weighted by atomic mass is 79.9. The summed E-state index contributed by atoms with van der Waals surface area (Å²) in [5.41, 5.74) is 3.01. The van der Waals surface area contributed by atoms with E-state index in [1.165, 1.54) is 5.56 Å². The summed E-state index contributed by atoms with van der Waals surface area (Å²) in [7, 11) is 0. The van der Waals surface area contributed by atoms with Crippen LogP contribution in [0, 0.1) is 13.8 Å². The molecule has 2 nitrogen and oxygen atoms in total. The first-order valence-electron chi connectivity index (χ1n) is 4.84. The van der Waals surface area contributed by atoms with Crippen molar-refractivity contribution in [2.24, 2.45) is 0 Å². The van der Waals surface area contributed by atoms with Gasteiger partial charge in [0.2, 0.25) is 0 Å². The molecule has 0 unspecified atom stereocenters. The summed E-state index contributed by atoms with van der Waals surface area (Å²) >= 11 is 9.40. The van der Waals surface area contributed by atoms with E-state index in [2.05, 4.69) is 25.9 Å². The maximum atomic E-state index is 5.91. The quantitative estimate of drug-likeness (QED) is 0.738. The largest absolute Gasteiger partial charge is 0.233 e. The molecule has 0 aliphatic carbocycles. The monoisotopic (exact) mass is 296 g/mol. The zero-order chi connectivity index (χ0) is 11.7. The molecule has 0 spiro atoms. The Labute approximate surface area is 108 Å². The molecule has 0 fully saturated rings. The standard InChI is InChI=1S/C12H10BrClN2/c1-7-3-4-9(6-10(7)13)12-15-8(2)5-11(14)16-12/h3-6H,1-2H3. The Morgan fingerprint density at radius 2 is 1.88 bits per heavy atom. The van der Waals surface area contributed by atoms with Crippen LogP contribution in [0.3, 0.4) is 0 Å². The molecule has 1 aromatic carbocycles. The predicted molar refractivity (Wildman–Crippen MR) is 69.7 cm³/mol. The lowest BCUT2D eigenvalue weighted by molar-refractivity contribution is 1.11. The van der Waals surface area contributed by atoms with Gasteiger partial charge in [0.25, 0.3) is 0 Å². The Morgan fingerprint density at radius 3 is 2.50 bits per heavy atom. The molecule has 0 radical (unpaired) electrons. The van der Waals surface area contributed by atoms with Crippen molar-refractivity contribution in [1.82, 2.24) is 9.97 Å². The number of aromatic nitrogens is 2. The number of hydrogen-bond acceptors (Lipinski definition) is 2. The van der Waals surface area contributed by atoms with Crippen LogP contribution in [-0.2, 0) is 0 Å². The van der Waals surface area contributed by atoms with Gasteiger partial charge in [-0.3, -0.25) is 0 Å². The Kier molecular flexibility index (Phi) is 3.26. The molecule has 4 heteroatoms. The lowest BCUT2D eigenvalue weighted by Crippen LogP contribution is -1.92. The van der Waals surface area contributed by atoms with E-state index in [0.717, 1.165) is 15.7 Å². The minimum Gasteiger partial charge on any atom is -0.233 e. The summed E-state index contributed by atoms with van der Waals surface area (Å²) in [5, 5.41) is 0.471. The number of aryl methyl sites for hydroxylation is 2. The van der Waals surface area contributed by atoms with Crippen LogP contribution in [0.1, 0.15) is 11.3 Å². The average Bonchev–Trinajstić information content (AvgIpc) is 2.20. The highest BCUT2D eigenvalue weighted by Gasteiger charge is 2.05. The van der Waals surface area contributed by atoms with Gasteiger partial charge in [0, 0.05) is 15.7 Å². The van der Waals surface area contributed by atoms with Gasteiger partial charge in [0.15, 0.2) is 5.82 Å². The summed E-state index contributed by atoms with van der Waals surface area (Å²) in [6, 6.07) is 7.76. The third-order valence-corrected chi connectivity index (χ3v) is 3.30. The zero-order valence-electron chi connectivity index (χ0n) is 8.96. The fourth-order valence-corrected chi connectivity index (χ4v) is 2.01. The van der Waals surface area contributed by atoms with Crippen molar-refractivity contribution >= 4 is 27.5 Å². The van der Waals surface area contributed by atoms with E-state index in [1.54, 1.807) is 6.07 Å². The molecule has 82 valence electrons. The highest BCUT2D eigenvalue weighted by molar-refractivity contribution is 9.10. The summed E-state index contributed by atoms with van der Waals surface area (Å²) in [6.07, 6.45) is 0. The molecule has 0 aliphatic heterocycles. The van der Waals surface area contributed by atoms with E-state index < -0.39 is 0 Å². The van der Waals surface area contributed by atoms with E-state index in [9.17, 15) is 0 Å². The molecule has 0 N–H and O–H groups in total. The van der Waals surface area contributed by atoms with Crippen molar-refractivity contribution in [3.8, 4) is 11.4 Å². The molecule has 0 atom stereocenters. The molecule has 16 heavy (non-hydrogen) atoms. The Bertz CT molecular complexity index is 520. The van der Waals surface area contributed by atoms with Crippen LogP contribution >= 0.6 is 27.5 Å². The van der Waals surface area contributed by atoms with E-state index in [4.69, 9.17) is 11.6 Å². The maximum Gasteiger partial charge on any atom is 0.161 e. The number of hydrogen-bond donors (Lipinski definition) is 0. The molecular weight excluding hydrogens is 288 g/mol. The van der Waals surface area contributed by atoms with E-state index in [1.807, 2.05) is 32.0 Å². The highest BCUT2D eigenvalue weighted by Crippen LogP contribution is 2.24. The van der Waals surface area contributed by atoms with Gasteiger partial charge in [0.1, 0.15) is 5.15 Å². The molecule has 0 aliphatic rings. The minimum atomic E-state index is 0.471. The van der Waals surface area contributed by atoms with Gasteiger partial charge in [-0.1, -0.05) is 39.7 Å². The van der Waals surface area contributed by atoms with Crippen LogP contribution in [0.15, 0.2) is 28.7 Å². The van der Waals surface area contributed by atoms with E-state index in [0.29, 0.717) is 11.0 Å². The van der Waals surface area contributed by atoms with Crippen molar-refractivity contribution in [2.75, 3.05) is 0 Å². The molecule has 1 heterocycles. The van der Waals surface area contributed by atoms with Gasteiger partial charge in [-0.25, -0.2) is 9.97 Å². The topological polar surface area (TPSA) is 25.8 Å². The Morgan fingerprint density at radius 1 is 1.12 bits per heavy atom. The molecule has 1 aromatic heterocycles. The number of rotatable bonds is 1. The molecule has 0 bridgehead atoms. The van der Waals surface area contributed by atoms with Crippen LogP contribution in [0.4, 0.5) is 0 Å². The molecule has 0 amide bonds. The summed E-state index contributed by atoms with van der Waals surface area (Å²) in [4.78, 5) is 8.57. The molecule has 2 aromatic rings. The third kappa shape index (κ3) is 2.42. The second kappa shape index (κ2) is 4.52. The van der Waals surface area contributed by atoms with Crippen LogP contribution in [-0.4, -0.2) is 9.97 Å². The van der Waals surface area contributed by atoms with Gasteiger partial charge < -0.3 is 0 Å². The normalized spacial score (nSPS) is 10.5. The Hall–Kier alpha value is -0.930. The zero-order valence-corrected chi connectivity index (χ0v) is 11.3. The van der Waals surface area contributed by atoms with Crippen molar-refractivity contribution in [3.63, 3.8) is 0 Å². The predicted octanol–water partition coefficient (Wildman–Crippen LogP) is 4.18. The second-order valence-electron chi connectivity index (χ2n) is 3.62. The second-order valence-corrected chi connectivity index (χ2v) is 4.86. The van der Waals surface area contributed by atoms with Crippen molar-refractivity contribution in [2.45, 2.75) is 13.8 Å².